The van der Waals surface area contributed by atoms with Gasteiger partial charge in [0, 0.05) is 18.1 Å². The standard InChI is InChI=1S/C18H21N3O4S/c1-3-7-26-18-20-16-15(17(24)21-18)11(9-14(23)19-16)10-5-6-12(22)13(8-10)25-4-2/h5-6,8,11,22H,3-4,7,9H2,1-2H3,(H2,19,20,21,23,24)/t11-/m0/s1. The number of phenols is 1. The first-order valence-electron chi connectivity index (χ1n) is 8.56. The molecule has 0 aliphatic carbocycles. The fourth-order valence-corrected chi connectivity index (χ4v) is 3.64. The number of phenolic OH excluding ortho intramolecular Hbond substituents is 1. The summed E-state index contributed by atoms with van der Waals surface area (Å²) >= 11 is 1.45. The lowest BCUT2D eigenvalue weighted by atomic mass is 9.86. The minimum Gasteiger partial charge on any atom is -0.504 e. The first kappa shape index (κ1) is 18.3. The van der Waals surface area contributed by atoms with Gasteiger partial charge in [-0.2, -0.15) is 0 Å². The van der Waals surface area contributed by atoms with E-state index in [0.29, 0.717) is 28.9 Å². The molecule has 1 aromatic carbocycles. The molecule has 1 aliphatic heterocycles. The fraction of sp³-hybridized carbons (Fsp3) is 0.389. The Balaban J connectivity index is 2.05. The molecule has 1 aliphatic rings. The number of aromatic nitrogens is 2. The van der Waals surface area contributed by atoms with E-state index in [4.69, 9.17) is 4.74 Å². The molecule has 0 unspecified atom stereocenters. The van der Waals surface area contributed by atoms with Gasteiger partial charge in [-0.05, 0) is 31.0 Å². The summed E-state index contributed by atoms with van der Waals surface area (Å²) in [5.74, 6) is 0.846. The van der Waals surface area contributed by atoms with Gasteiger partial charge in [-0.3, -0.25) is 9.59 Å². The van der Waals surface area contributed by atoms with Crippen molar-refractivity contribution < 1.29 is 14.6 Å². The highest BCUT2D eigenvalue weighted by atomic mass is 32.2. The molecule has 1 atom stereocenters. The van der Waals surface area contributed by atoms with Crippen LogP contribution in [0.25, 0.3) is 0 Å². The lowest BCUT2D eigenvalue weighted by Crippen LogP contribution is -2.31. The van der Waals surface area contributed by atoms with Crippen molar-refractivity contribution in [2.45, 2.75) is 37.8 Å². The Morgan fingerprint density at radius 1 is 1.35 bits per heavy atom. The largest absolute Gasteiger partial charge is 0.504 e. The number of aromatic amines is 1. The Morgan fingerprint density at radius 3 is 2.88 bits per heavy atom. The van der Waals surface area contributed by atoms with E-state index in [1.165, 1.54) is 17.8 Å². The second-order valence-electron chi connectivity index (χ2n) is 5.95. The van der Waals surface area contributed by atoms with Crippen LogP contribution in [0.1, 0.15) is 43.7 Å². The zero-order valence-electron chi connectivity index (χ0n) is 14.7. The second-order valence-corrected chi connectivity index (χ2v) is 7.03. The molecule has 138 valence electrons. The number of carbonyl (C=O) groups is 1. The summed E-state index contributed by atoms with van der Waals surface area (Å²) in [6.07, 6.45) is 1.09. The normalized spacial score (nSPS) is 16.1. The predicted molar refractivity (Wildman–Crippen MR) is 100 cm³/mol. The first-order chi connectivity index (χ1) is 12.5. The number of H-pyrrole nitrogens is 1. The molecule has 0 bridgehead atoms. The van der Waals surface area contributed by atoms with Crippen molar-refractivity contribution in [1.29, 1.82) is 0 Å². The molecule has 0 radical (unpaired) electrons. The van der Waals surface area contributed by atoms with E-state index in [1.54, 1.807) is 12.1 Å². The molecule has 3 rings (SSSR count). The summed E-state index contributed by atoms with van der Waals surface area (Å²) in [7, 11) is 0. The Hall–Kier alpha value is -2.48. The van der Waals surface area contributed by atoms with E-state index in [1.807, 2.05) is 13.8 Å². The Bertz CT molecular complexity index is 881. The van der Waals surface area contributed by atoms with Gasteiger partial charge in [0.1, 0.15) is 5.82 Å². The number of thioether (sulfide) groups is 1. The summed E-state index contributed by atoms with van der Waals surface area (Å²) in [6, 6.07) is 4.88. The lowest BCUT2D eigenvalue weighted by Gasteiger charge is -2.25. The molecule has 1 aromatic heterocycles. The van der Waals surface area contributed by atoms with Crippen LogP contribution in [-0.4, -0.2) is 33.3 Å². The van der Waals surface area contributed by atoms with Crippen LogP contribution >= 0.6 is 11.8 Å². The highest BCUT2D eigenvalue weighted by Crippen LogP contribution is 2.38. The number of ether oxygens (including phenoxy) is 1. The van der Waals surface area contributed by atoms with Crippen molar-refractivity contribution in [1.82, 2.24) is 9.97 Å². The lowest BCUT2D eigenvalue weighted by molar-refractivity contribution is -0.116. The van der Waals surface area contributed by atoms with Gasteiger partial charge < -0.3 is 20.1 Å². The summed E-state index contributed by atoms with van der Waals surface area (Å²) in [6.45, 7) is 4.26. The Labute approximate surface area is 155 Å². The smallest absolute Gasteiger partial charge is 0.257 e. The van der Waals surface area contributed by atoms with Crippen LogP contribution < -0.4 is 15.6 Å². The fourth-order valence-electron chi connectivity index (χ4n) is 2.92. The van der Waals surface area contributed by atoms with Gasteiger partial charge in [-0.15, -0.1) is 0 Å². The number of nitrogens with one attached hydrogen (secondary N) is 2. The van der Waals surface area contributed by atoms with Crippen LogP contribution in [0.3, 0.4) is 0 Å². The van der Waals surface area contributed by atoms with Crippen LogP contribution in [0, 0.1) is 0 Å². The van der Waals surface area contributed by atoms with Crippen molar-refractivity contribution in [3.63, 3.8) is 0 Å². The molecule has 3 N–H and O–H groups in total. The van der Waals surface area contributed by atoms with Crippen LogP contribution in [0.2, 0.25) is 0 Å². The molecule has 0 spiro atoms. The molecule has 0 fully saturated rings. The zero-order valence-corrected chi connectivity index (χ0v) is 15.5. The molecule has 2 heterocycles. The number of rotatable bonds is 6. The third-order valence-electron chi connectivity index (χ3n) is 4.06. The number of benzene rings is 1. The number of hydrogen-bond donors (Lipinski definition) is 3. The van der Waals surface area contributed by atoms with Crippen molar-refractivity contribution in [3.8, 4) is 11.5 Å². The highest BCUT2D eigenvalue weighted by Gasteiger charge is 2.31. The molecule has 0 saturated carbocycles. The quantitative estimate of drug-likeness (QED) is 0.530. The summed E-state index contributed by atoms with van der Waals surface area (Å²) in [4.78, 5) is 32.1. The maximum absolute atomic E-state index is 12.7. The topological polar surface area (TPSA) is 104 Å². The predicted octanol–water partition coefficient (Wildman–Crippen LogP) is 2.85. The van der Waals surface area contributed by atoms with Crippen molar-refractivity contribution in [3.05, 3.63) is 39.7 Å². The van der Waals surface area contributed by atoms with E-state index in [-0.39, 0.29) is 23.6 Å². The summed E-state index contributed by atoms with van der Waals surface area (Å²) in [5, 5.41) is 13.1. The van der Waals surface area contributed by atoms with Crippen LogP contribution in [-0.2, 0) is 4.79 Å². The Kier molecular flexibility index (Phi) is 5.51. The number of hydrogen-bond acceptors (Lipinski definition) is 6. The van der Waals surface area contributed by atoms with Crippen LogP contribution in [0.4, 0.5) is 5.82 Å². The van der Waals surface area contributed by atoms with Gasteiger partial charge in [0.15, 0.2) is 16.7 Å². The average molecular weight is 375 g/mol. The minimum absolute atomic E-state index is 0.0226. The number of anilines is 1. The van der Waals surface area contributed by atoms with Gasteiger partial charge in [0.2, 0.25) is 5.91 Å². The first-order valence-corrected chi connectivity index (χ1v) is 9.54. The number of fused-ring (bicyclic) bond motifs is 1. The van der Waals surface area contributed by atoms with E-state index >= 15 is 0 Å². The summed E-state index contributed by atoms with van der Waals surface area (Å²) < 4.78 is 5.42. The number of carbonyl (C=O) groups excluding carboxylic acids is 1. The molecule has 7 nitrogen and oxygen atoms in total. The minimum atomic E-state index is -0.444. The summed E-state index contributed by atoms with van der Waals surface area (Å²) in [5.41, 5.74) is 0.895. The number of aromatic hydroxyl groups is 1. The monoisotopic (exact) mass is 375 g/mol. The van der Waals surface area contributed by atoms with Gasteiger partial charge in [0.05, 0.1) is 12.2 Å². The van der Waals surface area contributed by atoms with Gasteiger partial charge in [-0.1, -0.05) is 24.8 Å². The molecule has 1 amide bonds. The molecular formula is C18H21N3O4S. The molecule has 8 heteroatoms. The van der Waals surface area contributed by atoms with Crippen molar-refractivity contribution in [2.24, 2.45) is 0 Å². The zero-order chi connectivity index (χ0) is 18.7. The van der Waals surface area contributed by atoms with E-state index in [9.17, 15) is 14.7 Å². The van der Waals surface area contributed by atoms with Crippen LogP contribution in [0.15, 0.2) is 28.2 Å². The van der Waals surface area contributed by atoms with E-state index in [2.05, 4.69) is 15.3 Å². The Morgan fingerprint density at radius 2 is 2.15 bits per heavy atom. The van der Waals surface area contributed by atoms with Crippen molar-refractivity contribution in [2.75, 3.05) is 17.7 Å². The van der Waals surface area contributed by atoms with E-state index in [0.717, 1.165) is 17.7 Å². The maximum atomic E-state index is 12.7. The molecular weight excluding hydrogens is 354 g/mol. The number of nitrogens with zero attached hydrogens (tertiary/aromatic N) is 1. The number of amides is 1. The van der Waals surface area contributed by atoms with Crippen LogP contribution in [0.5, 0.6) is 11.5 Å². The van der Waals surface area contributed by atoms with E-state index < -0.39 is 5.92 Å². The molecule has 26 heavy (non-hydrogen) atoms. The van der Waals surface area contributed by atoms with Gasteiger partial charge >= 0.3 is 0 Å². The third kappa shape index (κ3) is 3.70. The highest BCUT2D eigenvalue weighted by molar-refractivity contribution is 7.99. The average Bonchev–Trinajstić information content (AvgIpc) is 2.61. The van der Waals surface area contributed by atoms with Crippen molar-refractivity contribution >= 4 is 23.5 Å². The molecule has 2 aromatic rings. The molecule has 0 saturated heterocycles. The SMILES string of the molecule is CCCSc1nc2c(c(=O)[nH]1)[C@H](c1ccc(O)c(OCC)c1)CC(=O)N2. The van der Waals surface area contributed by atoms with Gasteiger partial charge in [-0.25, -0.2) is 4.98 Å². The van der Waals surface area contributed by atoms with Gasteiger partial charge in [0.25, 0.3) is 5.56 Å². The maximum Gasteiger partial charge on any atom is 0.257 e. The third-order valence-corrected chi connectivity index (χ3v) is 5.14. The second kappa shape index (κ2) is 7.82.